The zero-order valence-electron chi connectivity index (χ0n) is 12.3. The largest absolute Gasteiger partial charge is 0.371 e. The van der Waals surface area contributed by atoms with Crippen molar-refractivity contribution in [2.75, 3.05) is 11.2 Å². The van der Waals surface area contributed by atoms with Gasteiger partial charge in [-0.3, -0.25) is 0 Å². The molecule has 0 aromatic heterocycles. The predicted octanol–water partition coefficient (Wildman–Crippen LogP) is 4.74. The summed E-state index contributed by atoms with van der Waals surface area (Å²) in [5, 5.41) is 10.00. The van der Waals surface area contributed by atoms with Crippen LogP contribution in [-0.4, -0.2) is 14.6 Å². The zero-order chi connectivity index (χ0) is 15.8. The predicted molar refractivity (Wildman–Crippen MR) is 98.2 cm³/mol. The Kier molecular flexibility index (Phi) is 3.48. The average Bonchev–Trinajstić information content (AvgIpc) is 2.59. The number of anilines is 1. The molecule has 0 fully saturated rings. The van der Waals surface area contributed by atoms with Crippen molar-refractivity contribution in [1.82, 2.24) is 0 Å². The van der Waals surface area contributed by atoms with E-state index in [0.29, 0.717) is 0 Å². The van der Waals surface area contributed by atoms with Crippen molar-refractivity contribution in [1.29, 1.82) is 0 Å². The number of hydrogen-bond donors (Lipinski definition) is 2. The third-order valence-corrected chi connectivity index (χ3v) is 4.54. The normalized spacial score (nSPS) is 12.7. The molecule has 0 bridgehead atoms. The van der Waals surface area contributed by atoms with Gasteiger partial charge in [-0.15, -0.1) is 0 Å². The molecule has 4 rings (SSSR count). The first kappa shape index (κ1) is 14.2. The van der Waals surface area contributed by atoms with Crippen molar-refractivity contribution in [2.45, 2.75) is 0 Å². The van der Waals surface area contributed by atoms with Gasteiger partial charge in [0.2, 0.25) is 0 Å². The van der Waals surface area contributed by atoms with Crippen molar-refractivity contribution in [3.05, 3.63) is 66.7 Å². The second-order valence-corrected chi connectivity index (χ2v) is 6.43. The third kappa shape index (κ3) is 2.46. The SMILES string of the molecule is O=S(O)CNc1cc2c3ccccc3ccc2c2ccccc12. The van der Waals surface area contributed by atoms with Crippen LogP contribution in [0.1, 0.15) is 0 Å². The van der Waals surface area contributed by atoms with Crippen molar-refractivity contribution >= 4 is 49.1 Å². The lowest BCUT2D eigenvalue weighted by atomic mass is 9.96. The van der Waals surface area contributed by atoms with Gasteiger partial charge in [-0.25, -0.2) is 4.21 Å². The molecule has 1 unspecified atom stereocenters. The molecule has 23 heavy (non-hydrogen) atoms. The van der Waals surface area contributed by atoms with Crippen LogP contribution in [0.25, 0.3) is 32.3 Å². The molecule has 1 atom stereocenters. The molecule has 0 radical (unpaired) electrons. The number of nitrogens with one attached hydrogen (secondary N) is 1. The van der Waals surface area contributed by atoms with Gasteiger partial charge in [0, 0.05) is 11.1 Å². The highest BCUT2D eigenvalue weighted by molar-refractivity contribution is 7.79. The van der Waals surface area contributed by atoms with Gasteiger partial charge in [0.1, 0.15) is 5.88 Å². The molecule has 2 N–H and O–H groups in total. The summed E-state index contributed by atoms with van der Waals surface area (Å²) >= 11 is -1.88. The molecular formula is C19H15NO2S. The second-order valence-electron chi connectivity index (χ2n) is 5.49. The lowest BCUT2D eigenvalue weighted by Gasteiger charge is -2.13. The van der Waals surface area contributed by atoms with Gasteiger partial charge in [-0.2, -0.15) is 0 Å². The van der Waals surface area contributed by atoms with E-state index in [-0.39, 0.29) is 5.88 Å². The van der Waals surface area contributed by atoms with Crippen molar-refractivity contribution in [3.8, 4) is 0 Å². The fourth-order valence-corrected chi connectivity index (χ4v) is 3.43. The molecule has 0 saturated heterocycles. The van der Waals surface area contributed by atoms with E-state index in [9.17, 15) is 4.21 Å². The molecule has 114 valence electrons. The number of benzene rings is 4. The van der Waals surface area contributed by atoms with Gasteiger partial charge < -0.3 is 9.87 Å². The Morgan fingerprint density at radius 3 is 2.22 bits per heavy atom. The summed E-state index contributed by atoms with van der Waals surface area (Å²) in [6, 6.07) is 22.8. The van der Waals surface area contributed by atoms with E-state index in [1.165, 1.54) is 16.2 Å². The summed E-state index contributed by atoms with van der Waals surface area (Å²) < 4.78 is 20.1. The Bertz CT molecular complexity index is 1060. The van der Waals surface area contributed by atoms with Crippen LogP contribution in [0.2, 0.25) is 0 Å². The Morgan fingerprint density at radius 2 is 1.43 bits per heavy atom. The standard InChI is InChI=1S/C19H15NO2S/c21-23(22)12-20-19-11-18-14-6-2-1-5-13(14)9-10-16(18)15-7-3-4-8-17(15)19/h1-11,20H,12H2,(H,21,22). The van der Waals surface area contributed by atoms with E-state index in [4.69, 9.17) is 4.55 Å². The molecular weight excluding hydrogens is 306 g/mol. The number of fused-ring (bicyclic) bond motifs is 5. The van der Waals surface area contributed by atoms with Gasteiger partial charge in [0.25, 0.3) is 0 Å². The topological polar surface area (TPSA) is 49.3 Å². The van der Waals surface area contributed by atoms with Crippen LogP contribution in [-0.2, 0) is 11.1 Å². The van der Waals surface area contributed by atoms with Crippen LogP contribution >= 0.6 is 0 Å². The second kappa shape index (κ2) is 5.65. The van der Waals surface area contributed by atoms with Crippen LogP contribution in [0, 0.1) is 0 Å². The Hall–Kier alpha value is -2.43. The fourth-order valence-electron chi connectivity index (χ4n) is 3.15. The Morgan fingerprint density at radius 1 is 0.783 bits per heavy atom. The van der Waals surface area contributed by atoms with Gasteiger partial charge in [0.05, 0.1) is 0 Å². The fraction of sp³-hybridized carbons (Fsp3) is 0.0526. The molecule has 0 aliphatic rings. The minimum Gasteiger partial charge on any atom is -0.371 e. The maximum atomic E-state index is 11.0. The van der Waals surface area contributed by atoms with Crippen LogP contribution in [0.5, 0.6) is 0 Å². The summed E-state index contributed by atoms with van der Waals surface area (Å²) in [6.07, 6.45) is 0. The molecule has 0 amide bonds. The number of hydrogen-bond acceptors (Lipinski definition) is 2. The first-order valence-corrected chi connectivity index (χ1v) is 8.66. The van der Waals surface area contributed by atoms with Crippen molar-refractivity contribution < 1.29 is 8.76 Å². The lowest BCUT2D eigenvalue weighted by molar-refractivity contribution is 0.566. The van der Waals surface area contributed by atoms with Crippen LogP contribution < -0.4 is 5.32 Å². The van der Waals surface area contributed by atoms with Gasteiger partial charge in [-0.1, -0.05) is 60.7 Å². The summed E-state index contributed by atoms with van der Waals surface area (Å²) in [7, 11) is 0. The van der Waals surface area contributed by atoms with E-state index in [1.54, 1.807) is 0 Å². The molecule has 0 saturated carbocycles. The first-order chi connectivity index (χ1) is 11.2. The van der Waals surface area contributed by atoms with E-state index < -0.39 is 11.1 Å². The summed E-state index contributed by atoms with van der Waals surface area (Å²) in [6.45, 7) is 0. The van der Waals surface area contributed by atoms with Crippen LogP contribution in [0.15, 0.2) is 66.7 Å². The molecule has 4 aromatic carbocycles. The van der Waals surface area contributed by atoms with E-state index in [1.807, 2.05) is 30.3 Å². The van der Waals surface area contributed by atoms with Gasteiger partial charge in [-0.05, 0) is 33.0 Å². The molecule has 0 aliphatic heterocycles. The minimum atomic E-state index is -1.88. The Balaban J connectivity index is 2.10. The van der Waals surface area contributed by atoms with Crippen molar-refractivity contribution in [3.63, 3.8) is 0 Å². The smallest absolute Gasteiger partial charge is 0.172 e. The molecule has 4 heteroatoms. The molecule has 0 spiro atoms. The van der Waals surface area contributed by atoms with Crippen LogP contribution in [0.3, 0.4) is 0 Å². The summed E-state index contributed by atoms with van der Waals surface area (Å²) in [5.41, 5.74) is 0.881. The third-order valence-electron chi connectivity index (χ3n) is 4.15. The molecule has 4 aromatic rings. The van der Waals surface area contributed by atoms with E-state index in [2.05, 4.69) is 41.7 Å². The number of rotatable bonds is 3. The maximum absolute atomic E-state index is 11.0. The Labute approximate surface area is 136 Å². The van der Waals surface area contributed by atoms with Crippen molar-refractivity contribution in [2.24, 2.45) is 0 Å². The van der Waals surface area contributed by atoms with Gasteiger partial charge >= 0.3 is 0 Å². The minimum absolute atomic E-state index is 0.0142. The first-order valence-electron chi connectivity index (χ1n) is 7.38. The molecule has 0 heterocycles. The average molecular weight is 321 g/mol. The lowest BCUT2D eigenvalue weighted by Crippen LogP contribution is -2.07. The van der Waals surface area contributed by atoms with Gasteiger partial charge in [0.15, 0.2) is 11.1 Å². The maximum Gasteiger partial charge on any atom is 0.172 e. The zero-order valence-corrected chi connectivity index (χ0v) is 13.1. The summed E-state index contributed by atoms with van der Waals surface area (Å²) in [5.74, 6) is 0.0142. The molecule has 0 aliphatic carbocycles. The van der Waals surface area contributed by atoms with E-state index in [0.717, 1.165) is 21.8 Å². The monoisotopic (exact) mass is 321 g/mol. The highest BCUT2D eigenvalue weighted by atomic mass is 32.2. The quantitative estimate of drug-likeness (QED) is 0.423. The van der Waals surface area contributed by atoms with E-state index >= 15 is 0 Å². The highest BCUT2D eigenvalue weighted by Crippen LogP contribution is 2.35. The summed E-state index contributed by atoms with van der Waals surface area (Å²) in [4.78, 5) is 0. The van der Waals surface area contributed by atoms with Crippen LogP contribution in [0.4, 0.5) is 5.69 Å². The molecule has 3 nitrogen and oxygen atoms in total. The highest BCUT2D eigenvalue weighted by Gasteiger charge is 2.09.